The third kappa shape index (κ3) is 3.75. The molecule has 6 heteroatoms. The van der Waals surface area contributed by atoms with Crippen molar-refractivity contribution in [3.8, 4) is 0 Å². The van der Waals surface area contributed by atoms with Gasteiger partial charge in [0.15, 0.2) is 0 Å². The molecule has 0 spiro atoms. The quantitative estimate of drug-likeness (QED) is 0.915. The minimum absolute atomic E-state index is 0.0614. The van der Waals surface area contributed by atoms with Crippen LogP contribution in [0.4, 0.5) is 0 Å². The van der Waals surface area contributed by atoms with Crippen molar-refractivity contribution in [2.24, 2.45) is 7.05 Å². The number of β-amino-alcohol motifs (C(OH)–C–C–N with tert-alkyl or cyclic N) is 1. The SMILES string of the molecule is Cc1nn(C)c(C)c1C(=O)N1CCN(CC(O)c2ccccc2)CC1. The predicted molar refractivity (Wildman–Crippen MR) is 96.4 cm³/mol. The van der Waals surface area contributed by atoms with Gasteiger partial charge in [-0.25, -0.2) is 0 Å². The van der Waals surface area contributed by atoms with E-state index in [-0.39, 0.29) is 5.91 Å². The Labute approximate surface area is 148 Å². The number of piperazine rings is 1. The molecule has 1 saturated heterocycles. The van der Waals surface area contributed by atoms with Gasteiger partial charge >= 0.3 is 0 Å². The topological polar surface area (TPSA) is 61.6 Å². The summed E-state index contributed by atoms with van der Waals surface area (Å²) in [5, 5.41) is 14.7. The van der Waals surface area contributed by atoms with Crippen molar-refractivity contribution in [2.75, 3.05) is 32.7 Å². The molecule has 0 radical (unpaired) electrons. The Bertz CT molecular complexity index is 733. The van der Waals surface area contributed by atoms with Gasteiger partial charge in [-0.05, 0) is 19.4 Å². The molecule has 6 nitrogen and oxygen atoms in total. The van der Waals surface area contributed by atoms with Crippen molar-refractivity contribution in [3.63, 3.8) is 0 Å². The van der Waals surface area contributed by atoms with Crippen molar-refractivity contribution in [1.29, 1.82) is 0 Å². The number of carbonyl (C=O) groups is 1. The lowest BCUT2D eigenvalue weighted by atomic mass is 10.1. The number of rotatable bonds is 4. The maximum Gasteiger partial charge on any atom is 0.257 e. The third-order valence-corrected chi connectivity index (χ3v) is 5.00. The molecule has 1 aliphatic heterocycles. The van der Waals surface area contributed by atoms with Gasteiger partial charge in [-0.1, -0.05) is 30.3 Å². The van der Waals surface area contributed by atoms with E-state index in [0.717, 1.165) is 35.6 Å². The summed E-state index contributed by atoms with van der Waals surface area (Å²) < 4.78 is 1.76. The van der Waals surface area contributed by atoms with Gasteiger partial charge in [0.05, 0.1) is 17.4 Å². The van der Waals surface area contributed by atoms with Gasteiger partial charge in [0.2, 0.25) is 0 Å². The molecular formula is C19H26N4O2. The highest BCUT2D eigenvalue weighted by molar-refractivity contribution is 5.96. The monoisotopic (exact) mass is 342 g/mol. The molecule has 3 rings (SSSR count). The van der Waals surface area contributed by atoms with E-state index in [1.807, 2.05) is 56.1 Å². The lowest BCUT2D eigenvalue weighted by molar-refractivity contribution is 0.0526. The van der Waals surface area contributed by atoms with Crippen LogP contribution in [0.15, 0.2) is 30.3 Å². The molecule has 1 fully saturated rings. The zero-order valence-electron chi connectivity index (χ0n) is 15.1. The lowest BCUT2D eigenvalue weighted by Crippen LogP contribution is -2.49. The fourth-order valence-electron chi connectivity index (χ4n) is 3.40. The van der Waals surface area contributed by atoms with Crippen LogP contribution in [0.3, 0.4) is 0 Å². The number of aromatic nitrogens is 2. The molecule has 25 heavy (non-hydrogen) atoms. The van der Waals surface area contributed by atoms with E-state index < -0.39 is 6.10 Å². The van der Waals surface area contributed by atoms with Gasteiger partial charge in [-0.15, -0.1) is 0 Å². The van der Waals surface area contributed by atoms with Gasteiger partial charge in [-0.3, -0.25) is 14.4 Å². The summed E-state index contributed by atoms with van der Waals surface area (Å²) in [5.41, 5.74) is 3.35. The fraction of sp³-hybridized carbons (Fsp3) is 0.474. The maximum atomic E-state index is 12.8. The molecule has 134 valence electrons. The number of carbonyl (C=O) groups excluding carboxylic acids is 1. The van der Waals surface area contributed by atoms with Crippen LogP contribution >= 0.6 is 0 Å². The van der Waals surface area contributed by atoms with Gasteiger partial charge in [0.1, 0.15) is 0 Å². The second kappa shape index (κ2) is 7.37. The first kappa shape index (κ1) is 17.6. The summed E-state index contributed by atoms with van der Waals surface area (Å²) in [7, 11) is 1.86. The molecule has 1 aliphatic rings. The normalized spacial score (nSPS) is 16.9. The Morgan fingerprint density at radius 2 is 1.80 bits per heavy atom. The zero-order chi connectivity index (χ0) is 18.0. The summed E-state index contributed by atoms with van der Waals surface area (Å²) in [6.07, 6.45) is -0.494. The molecule has 1 N–H and O–H groups in total. The predicted octanol–water partition coefficient (Wildman–Crippen LogP) is 1.53. The van der Waals surface area contributed by atoms with Crippen LogP contribution in [0.25, 0.3) is 0 Å². The van der Waals surface area contributed by atoms with E-state index >= 15 is 0 Å². The number of aliphatic hydroxyl groups excluding tert-OH is 1. The number of nitrogens with zero attached hydrogens (tertiary/aromatic N) is 4. The fourth-order valence-corrected chi connectivity index (χ4v) is 3.40. The van der Waals surface area contributed by atoms with Crippen molar-refractivity contribution in [3.05, 3.63) is 52.8 Å². The molecule has 1 aromatic heterocycles. The largest absolute Gasteiger partial charge is 0.387 e. The second-order valence-corrected chi connectivity index (χ2v) is 6.69. The van der Waals surface area contributed by atoms with Crippen LogP contribution in [0.2, 0.25) is 0 Å². The summed E-state index contributed by atoms with van der Waals surface area (Å²) in [6, 6.07) is 9.71. The van der Waals surface area contributed by atoms with Crippen LogP contribution in [-0.2, 0) is 7.05 Å². The van der Waals surface area contributed by atoms with E-state index in [9.17, 15) is 9.90 Å². The van der Waals surface area contributed by atoms with Crippen LogP contribution < -0.4 is 0 Å². The number of hydrogen-bond donors (Lipinski definition) is 1. The Balaban J connectivity index is 1.57. The highest BCUT2D eigenvalue weighted by Gasteiger charge is 2.27. The minimum atomic E-state index is -0.494. The summed E-state index contributed by atoms with van der Waals surface area (Å²) in [6.45, 7) is 7.30. The number of aryl methyl sites for hydroxylation is 2. The lowest BCUT2D eigenvalue weighted by Gasteiger charge is -2.35. The average Bonchev–Trinajstić information content (AvgIpc) is 2.88. The molecule has 2 aromatic rings. The molecule has 0 bridgehead atoms. The Hall–Kier alpha value is -2.18. The smallest absolute Gasteiger partial charge is 0.257 e. The zero-order valence-corrected chi connectivity index (χ0v) is 15.1. The van der Waals surface area contributed by atoms with Crippen LogP contribution in [0, 0.1) is 13.8 Å². The molecular weight excluding hydrogens is 316 g/mol. The van der Waals surface area contributed by atoms with Gasteiger partial charge < -0.3 is 10.0 Å². The van der Waals surface area contributed by atoms with E-state index in [1.165, 1.54) is 0 Å². The number of benzene rings is 1. The molecule has 1 atom stereocenters. The van der Waals surface area contributed by atoms with E-state index in [2.05, 4.69) is 10.00 Å². The Kier molecular flexibility index (Phi) is 5.20. The first-order chi connectivity index (χ1) is 12.0. The van der Waals surface area contributed by atoms with Crippen molar-refractivity contribution in [1.82, 2.24) is 19.6 Å². The Morgan fingerprint density at radius 3 is 2.36 bits per heavy atom. The molecule has 0 aliphatic carbocycles. The second-order valence-electron chi connectivity index (χ2n) is 6.69. The highest BCUT2D eigenvalue weighted by atomic mass is 16.3. The first-order valence-corrected chi connectivity index (χ1v) is 8.72. The molecule has 1 amide bonds. The maximum absolute atomic E-state index is 12.8. The average molecular weight is 342 g/mol. The number of amides is 1. The van der Waals surface area contributed by atoms with Crippen molar-refractivity contribution in [2.45, 2.75) is 20.0 Å². The van der Waals surface area contributed by atoms with Gasteiger partial charge in [0, 0.05) is 45.5 Å². The number of aliphatic hydroxyl groups is 1. The van der Waals surface area contributed by atoms with Crippen LogP contribution in [-0.4, -0.2) is 63.3 Å². The van der Waals surface area contributed by atoms with Crippen LogP contribution in [0.5, 0.6) is 0 Å². The van der Waals surface area contributed by atoms with Gasteiger partial charge in [-0.2, -0.15) is 5.10 Å². The third-order valence-electron chi connectivity index (χ3n) is 5.00. The van der Waals surface area contributed by atoms with Gasteiger partial charge in [0.25, 0.3) is 5.91 Å². The van der Waals surface area contributed by atoms with Crippen LogP contribution in [0.1, 0.15) is 33.4 Å². The molecule has 2 heterocycles. The minimum Gasteiger partial charge on any atom is -0.387 e. The number of hydrogen-bond acceptors (Lipinski definition) is 4. The molecule has 0 saturated carbocycles. The standard InChI is InChI=1S/C19H26N4O2/c1-14-18(15(2)21(3)20-14)19(25)23-11-9-22(10-12-23)13-17(24)16-7-5-4-6-8-16/h4-8,17,24H,9-13H2,1-3H3. The first-order valence-electron chi connectivity index (χ1n) is 8.72. The summed E-state index contributed by atoms with van der Waals surface area (Å²) >= 11 is 0. The van der Waals surface area contributed by atoms with Crippen molar-refractivity contribution < 1.29 is 9.90 Å². The Morgan fingerprint density at radius 1 is 1.16 bits per heavy atom. The molecule has 1 aromatic carbocycles. The summed E-state index contributed by atoms with van der Waals surface area (Å²) in [4.78, 5) is 16.9. The highest BCUT2D eigenvalue weighted by Crippen LogP contribution is 2.18. The summed E-state index contributed by atoms with van der Waals surface area (Å²) in [5.74, 6) is 0.0614. The molecule has 1 unspecified atom stereocenters. The van der Waals surface area contributed by atoms with E-state index in [0.29, 0.717) is 19.6 Å². The van der Waals surface area contributed by atoms with E-state index in [4.69, 9.17) is 0 Å². The van der Waals surface area contributed by atoms with E-state index in [1.54, 1.807) is 4.68 Å². The van der Waals surface area contributed by atoms with Crippen molar-refractivity contribution >= 4 is 5.91 Å².